The molecule has 1 atom stereocenters. The molecule has 0 aromatic heterocycles. The molecule has 1 heterocycles. The zero-order chi connectivity index (χ0) is 27.5. The fourth-order valence-electron chi connectivity index (χ4n) is 4.00. The van der Waals surface area contributed by atoms with Gasteiger partial charge in [-0.15, -0.1) is 0 Å². The summed E-state index contributed by atoms with van der Waals surface area (Å²) < 4.78 is 43.4. The van der Waals surface area contributed by atoms with E-state index in [0.717, 1.165) is 12.1 Å². The summed E-state index contributed by atoms with van der Waals surface area (Å²) in [7, 11) is 0. The van der Waals surface area contributed by atoms with Crippen LogP contribution in [0.5, 0.6) is 0 Å². The van der Waals surface area contributed by atoms with E-state index in [9.17, 15) is 18.0 Å². The molecule has 1 aliphatic rings. The number of alkyl halides is 3. The van der Waals surface area contributed by atoms with Gasteiger partial charge in [-0.3, -0.25) is 4.79 Å². The predicted octanol–water partition coefficient (Wildman–Crippen LogP) is 7.30. The number of benzene rings is 3. The standard InChI is InChI=1S/C26H19Cl3F3N3O3/c1-2-11-37-34-10-9-33-24(36)19-8-7-18(16-5-3-4-6-17(16)19)22-14-25(38-35-22,26(30,31)32)15-12-20(27)23(29)21(28)13-15/h2-8,10,12-13H,1,9,11,14H2,(H,33,36). The normalized spacial score (nSPS) is 17.4. The van der Waals surface area contributed by atoms with Crippen LogP contribution in [0.4, 0.5) is 13.2 Å². The fraction of sp³-hybridized carbons (Fsp3) is 0.192. The average Bonchev–Trinajstić information content (AvgIpc) is 3.35. The summed E-state index contributed by atoms with van der Waals surface area (Å²) in [4.78, 5) is 22.8. The van der Waals surface area contributed by atoms with Gasteiger partial charge in [-0.2, -0.15) is 13.2 Å². The molecule has 1 N–H and O–H groups in total. The summed E-state index contributed by atoms with van der Waals surface area (Å²) in [5.74, 6) is -0.400. The lowest BCUT2D eigenvalue weighted by Crippen LogP contribution is -2.42. The molecule has 6 nitrogen and oxygen atoms in total. The number of hydrogen-bond donors (Lipinski definition) is 1. The van der Waals surface area contributed by atoms with Gasteiger partial charge in [-0.25, -0.2) is 0 Å². The third-order valence-corrected chi connectivity index (χ3v) is 7.01. The van der Waals surface area contributed by atoms with E-state index >= 15 is 0 Å². The highest BCUT2D eigenvalue weighted by Gasteiger charge is 2.62. The molecule has 1 amide bonds. The van der Waals surface area contributed by atoms with Crippen LogP contribution in [0.25, 0.3) is 10.8 Å². The Bertz CT molecular complexity index is 1440. The van der Waals surface area contributed by atoms with E-state index in [1.807, 2.05) is 0 Å². The van der Waals surface area contributed by atoms with Crippen LogP contribution >= 0.6 is 34.8 Å². The Balaban J connectivity index is 1.66. The van der Waals surface area contributed by atoms with Gasteiger partial charge in [0.1, 0.15) is 6.61 Å². The molecular formula is C26H19Cl3F3N3O3. The highest BCUT2D eigenvalue weighted by molar-refractivity contribution is 6.48. The van der Waals surface area contributed by atoms with E-state index in [2.05, 4.69) is 22.2 Å². The van der Waals surface area contributed by atoms with E-state index in [-0.39, 0.29) is 39.5 Å². The van der Waals surface area contributed by atoms with Crippen molar-refractivity contribution < 1.29 is 27.6 Å². The number of carbonyl (C=O) groups is 1. The van der Waals surface area contributed by atoms with Gasteiger partial charge in [0.15, 0.2) is 0 Å². The maximum absolute atomic E-state index is 14.5. The second-order valence-electron chi connectivity index (χ2n) is 8.17. The van der Waals surface area contributed by atoms with Crippen LogP contribution in [0, 0.1) is 0 Å². The number of hydrogen-bond acceptors (Lipinski definition) is 5. The molecule has 12 heteroatoms. The zero-order valence-corrected chi connectivity index (χ0v) is 21.8. The van der Waals surface area contributed by atoms with Crippen LogP contribution in [0.1, 0.15) is 27.9 Å². The number of halogens is 6. The van der Waals surface area contributed by atoms with Gasteiger partial charge in [0.25, 0.3) is 11.5 Å². The Morgan fingerprint density at radius 2 is 1.84 bits per heavy atom. The van der Waals surface area contributed by atoms with Crippen molar-refractivity contribution in [2.24, 2.45) is 10.3 Å². The van der Waals surface area contributed by atoms with Crippen molar-refractivity contribution in [1.29, 1.82) is 0 Å². The Hall–Kier alpha value is -3.27. The Morgan fingerprint density at radius 1 is 1.16 bits per heavy atom. The van der Waals surface area contributed by atoms with Crippen molar-refractivity contribution in [2.45, 2.75) is 18.2 Å². The van der Waals surface area contributed by atoms with Gasteiger partial charge in [-0.1, -0.05) is 88.1 Å². The Morgan fingerprint density at radius 3 is 2.50 bits per heavy atom. The highest BCUT2D eigenvalue weighted by atomic mass is 35.5. The molecule has 0 aliphatic carbocycles. The second-order valence-corrected chi connectivity index (χ2v) is 9.37. The van der Waals surface area contributed by atoms with Crippen LogP contribution in [0.3, 0.4) is 0 Å². The molecule has 4 rings (SSSR count). The second kappa shape index (κ2) is 11.2. The van der Waals surface area contributed by atoms with E-state index < -0.39 is 24.1 Å². The summed E-state index contributed by atoms with van der Waals surface area (Å²) in [6.07, 6.45) is -2.61. The van der Waals surface area contributed by atoms with E-state index in [1.54, 1.807) is 24.3 Å². The van der Waals surface area contributed by atoms with Crippen molar-refractivity contribution >= 4 is 63.4 Å². The van der Waals surface area contributed by atoms with Crippen LogP contribution in [-0.2, 0) is 15.3 Å². The third kappa shape index (κ3) is 5.32. The number of carbonyl (C=O) groups excluding carboxylic acids is 1. The zero-order valence-electron chi connectivity index (χ0n) is 19.5. The minimum Gasteiger partial charge on any atom is -0.392 e. The van der Waals surface area contributed by atoms with Gasteiger partial charge < -0.3 is 15.0 Å². The number of amides is 1. The Kier molecular flexibility index (Phi) is 8.20. The molecule has 0 spiro atoms. The van der Waals surface area contributed by atoms with E-state index in [4.69, 9.17) is 44.5 Å². The minimum atomic E-state index is -4.87. The highest BCUT2D eigenvalue weighted by Crippen LogP contribution is 2.51. The summed E-state index contributed by atoms with van der Waals surface area (Å²) in [5.41, 5.74) is -2.41. The number of nitrogens with one attached hydrogen (secondary N) is 1. The van der Waals surface area contributed by atoms with Crippen molar-refractivity contribution in [1.82, 2.24) is 5.32 Å². The topological polar surface area (TPSA) is 72.3 Å². The summed E-state index contributed by atoms with van der Waals surface area (Å²) >= 11 is 18.0. The largest absolute Gasteiger partial charge is 0.435 e. The molecule has 0 fully saturated rings. The lowest BCUT2D eigenvalue weighted by atomic mass is 9.85. The molecular weight excluding hydrogens is 566 g/mol. The lowest BCUT2D eigenvalue weighted by Gasteiger charge is -2.30. The van der Waals surface area contributed by atoms with Crippen LogP contribution < -0.4 is 5.32 Å². The number of fused-ring (bicyclic) bond motifs is 1. The molecule has 198 valence electrons. The third-order valence-electron chi connectivity index (χ3n) is 5.81. The lowest BCUT2D eigenvalue weighted by molar-refractivity contribution is -0.275. The summed E-state index contributed by atoms with van der Waals surface area (Å²) in [6, 6.07) is 12.0. The molecule has 1 unspecified atom stereocenters. The average molecular weight is 585 g/mol. The van der Waals surface area contributed by atoms with E-state index in [1.165, 1.54) is 24.4 Å². The summed E-state index contributed by atoms with van der Waals surface area (Å²) in [5, 5.41) is 10.9. The van der Waals surface area contributed by atoms with Crippen molar-refractivity contribution in [3.05, 3.63) is 92.9 Å². The number of rotatable bonds is 8. The van der Waals surface area contributed by atoms with Gasteiger partial charge in [0.05, 0.1) is 33.5 Å². The van der Waals surface area contributed by atoms with Gasteiger partial charge in [0.2, 0.25) is 0 Å². The quantitative estimate of drug-likeness (QED) is 0.0993. The molecule has 1 aliphatic heterocycles. The molecule has 0 saturated carbocycles. The fourth-order valence-corrected chi connectivity index (χ4v) is 4.60. The van der Waals surface area contributed by atoms with Gasteiger partial charge in [0, 0.05) is 23.1 Å². The first kappa shape index (κ1) is 27.8. The number of oxime groups is 2. The minimum absolute atomic E-state index is 0.0409. The molecule has 3 aromatic carbocycles. The first-order valence-corrected chi connectivity index (χ1v) is 12.2. The maximum Gasteiger partial charge on any atom is 0.435 e. The first-order valence-electron chi connectivity index (χ1n) is 11.1. The molecule has 0 saturated heterocycles. The van der Waals surface area contributed by atoms with Gasteiger partial charge in [-0.05, 0) is 29.0 Å². The number of nitrogens with zero attached hydrogens (tertiary/aromatic N) is 2. The maximum atomic E-state index is 14.5. The van der Waals surface area contributed by atoms with E-state index in [0.29, 0.717) is 21.9 Å². The first-order chi connectivity index (χ1) is 18.1. The van der Waals surface area contributed by atoms with Crippen molar-refractivity contribution in [2.75, 3.05) is 13.2 Å². The van der Waals surface area contributed by atoms with Crippen molar-refractivity contribution in [3.8, 4) is 0 Å². The monoisotopic (exact) mass is 583 g/mol. The molecule has 0 bridgehead atoms. The van der Waals surface area contributed by atoms with Crippen LogP contribution in [-0.4, -0.2) is 37.2 Å². The Labute approximate surface area is 230 Å². The van der Waals surface area contributed by atoms with Crippen LogP contribution in [0.15, 0.2) is 71.5 Å². The van der Waals surface area contributed by atoms with Gasteiger partial charge >= 0.3 is 6.18 Å². The molecule has 38 heavy (non-hydrogen) atoms. The summed E-state index contributed by atoms with van der Waals surface area (Å²) in [6.45, 7) is 3.84. The van der Waals surface area contributed by atoms with Crippen LogP contribution in [0.2, 0.25) is 15.1 Å². The predicted molar refractivity (Wildman–Crippen MR) is 142 cm³/mol. The SMILES string of the molecule is C=CCON=CCNC(=O)c1ccc(C2=NOC(c3cc(Cl)c(Cl)c(Cl)c3)(C(F)(F)F)C2)c2ccccc12. The van der Waals surface area contributed by atoms with Crippen molar-refractivity contribution in [3.63, 3.8) is 0 Å². The molecule has 3 aromatic rings. The smallest absolute Gasteiger partial charge is 0.392 e. The molecule has 0 radical (unpaired) electrons.